The average molecular weight is 202 g/mol. The molecule has 1 aromatic rings. The van der Waals surface area contributed by atoms with Gasteiger partial charge in [0, 0.05) is 18.2 Å². The van der Waals surface area contributed by atoms with Crippen LogP contribution in [0, 0.1) is 11.3 Å². The first-order chi connectivity index (χ1) is 7.33. The number of benzene rings is 1. The van der Waals surface area contributed by atoms with Gasteiger partial charge >= 0.3 is 0 Å². The van der Waals surface area contributed by atoms with Gasteiger partial charge < -0.3 is 10.5 Å². The Hall–Kier alpha value is -1.79. The first-order valence-electron chi connectivity index (χ1n) is 4.78. The number of hydrogen-bond acceptors (Lipinski definition) is 3. The van der Waals surface area contributed by atoms with Gasteiger partial charge in [0.15, 0.2) is 0 Å². The van der Waals surface area contributed by atoms with Crippen molar-refractivity contribution in [2.24, 2.45) is 5.73 Å². The highest BCUT2D eigenvalue weighted by molar-refractivity contribution is 5.13. The summed E-state index contributed by atoms with van der Waals surface area (Å²) in [6.45, 7) is 1.12. The van der Waals surface area contributed by atoms with Crippen LogP contribution in [0.2, 0.25) is 0 Å². The molecule has 0 radical (unpaired) electrons. The number of rotatable bonds is 5. The molecular formula is C12H14N2O. The minimum absolute atomic E-state index is 0.541. The molecule has 0 aliphatic heterocycles. The third-order valence-electron chi connectivity index (χ3n) is 1.90. The highest BCUT2D eigenvalue weighted by Crippen LogP contribution is 2.01. The van der Waals surface area contributed by atoms with Crippen molar-refractivity contribution in [1.29, 1.82) is 5.26 Å². The predicted molar refractivity (Wildman–Crippen MR) is 58.6 cm³/mol. The van der Waals surface area contributed by atoms with Crippen molar-refractivity contribution in [1.82, 2.24) is 0 Å². The molecule has 0 aromatic heterocycles. The summed E-state index contributed by atoms with van der Waals surface area (Å²) >= 11 is 0. The molecule has 78 valence electrons. The van der Waals surface area contributed by atoms with Crippen LogP contribution < -0.4 is 5.73 Å². The highest BCUT2D eigenvalue weighted by Gasteiger charge is 1.93. The van der Waals surface area contributed by atoms with Gasteiger partial charge in [-0.05, 0) is 5.56 Å². The van der Waals surface area contributed by atoms with E-state index in [1.807, 2.05) is 36.4 Å². The Labute approximate surface area is 89.8 Å². The molecule has 3 nitrogen and oxygen atoms in total. The van der Waals surface area contributed by atoms with Crippen molar-refractivity contribution in [3.63, 3.8) is 0 Å². The number of hydrogen-bond donors (Lipinski definition) is 1. The lowest BCUT2D eigenvalue weighted by Crippen LogP contribution is -2.02. The van der Waals surface area contributed by atoms with Gasteiger partial charge in [0.05, 0.1) is 19.3 Å². The third kappa shape index (κ3) is 4.84. The van der Waals surface area contributed by atoms with E-state index in [4.69, 9.17) is 15.7 Å². The largest absolute Gasteiger partial charge is 0.401 e. The van der Waals surface area contributed by atoms with Gasteiger partial charge in [-0.15, -0.1) is 0 Å². The zero-order valence-corrected chi connectivity index (χ0v) is 8.52. The maximum atomic E-state index is 8.32. The van der Waals surface area contributed by atoms with E-state index in [-0.39, 0.29) is 0 Å². The Morgan fingerprint density at radius 3 is 2.80 bits per heavy atom. The summed E-state index contributed by atoms with van der Waals surface area (Å²) in [6.07, 6.45) is 1.94. The smallest absolute Gasteiger partial charge is 0.0930 e. The van der Waals surface area contributed by atoms with Crippen molar-refractivity contribution in [3.05, 3.63) is 47.7 Å². The van der Waals surface area contributed by atoms with Crippen LogP contribution in [0.5, 0.6) is 0 Å². The topological polar surface area (TPSA) is 59.0 Å². The lowest BCUT2D eigenvalue weighted by atomic mass is 10.2. The fourth-order valence-corrected chi connectivity index (χ4v) is 1.11. The quantitative estimate of drug-likeness (QED) is 0.586. The molecule has 1 rings (SSSR count). The van der Waals surface area contributed by atoms with Crippen LogP contribution >= 0.6 is 0 Å². The van der Waals surface area contributed by atoms with Crippen LogP contribution in [0.3, 0.4) is 0 Å². The Balaban J connectivity index is 2.18. The fourth-order valence-electron chi connectivity index (χ4n) is 1.11. The minimum Gasteiger partial charge on any atom is -0.401 e. The third-order valence-corrected chi connectivity index (χ3v) is 1.90. The Morgan fingerprint density at radius 2 is 2.13 bits per heavy atom. The lowest BCUT2D eigenvalue weighted by molar-refractivity contribution is 0.123. The van der Waals surface area contributed by atoms with Crippen molar-refractivity contribution < 1.29 is 4.74 Å². The maximum absolute atomic E-state index is 8.32. The van der Waals surface area contributed by atoms with E-state index in [2.05, 4.69) is 0 Å². The van der Waals surface area contributed by atoms with Gasteiger partial charge in [-0.2, -0.15) is 5.26 Å². The van der Waals surface area contributed by atoms with Crippen LogP contribution in [-0.4, -0.2) is 6.61 Å². The van der Waals surface area contributed by atoms with Crippen LogP contribution in [-0.2, 0) is 11.3 Å². The second kappa shape index (κ2) is 6.63. The number of allylic oxidation sites excluding steroid dienone is 1. The number of nitriles is 1. The molecule has 0 unspecified atom stereocenters. The summed E-state index contributed by atoms with van der Waals surface area (Å²) in [5, 5.41) is 8.32. The molecule has 2 N–H and O–H groups in total. The SMILES string of the molecule is N#CC=C(N)CCOCc1ccccc1. The Morgan fingerprint density at radius 1 is 1.40 bits per heavy atom. The molecular weight excluding hydrogens is 188 g/mol. The van der Waals surface area contributed by atoms with Gasteiger partial charge in [0.1, 0.15) is 0 Å². The molecule has 0 aliphatic rings. The second-order valence-corrected chi connectivity index (χ2v) is 3.14. The first kappa shape index (κ1) is 11.3. The standard InChI is InChI=1S/C12H14N2O/c13-8-6-12(14)7-9-15-10-11-4-2-1-3-5-11/h1-6H,7,9-10,14H2. The van der Waals surface area contributed by atoms with Crippen molar-refractivity contribution >= 4 is 0 Å². The minimum atomic E-state index is 0.541. The van der Waals surface area contributed by atoms with Crippen LogP contribution in [0.4, 0.5) is 0 Å². The lowest BCUT2D eigenvalue weighted by Gasteiger charge is -2.03. The van der Waals surface area contributed by atoms with Gasteiger partial charge in [0.25, 0.3) is 0 Å². The van der Waals surface area contributed by atoms with E-state index in [0.717, 1.165) is 5.56 Å². The predicted octanol–water partition coefficient (Wildman–Crippen LogP) is 1.96. The molecule has 0 fully saturated rings. The van der Waals surface area contributed by atoms with E-state index in [9.17, 15) is 0 Å². The second-order valence-electron chi connectivity index (χ2n) is 3.14. The average Bonchev–Trinajstić information content (AvgIpc) is 2.26. The Bertz CT molecular complexity index is 352. The van der Waals surface area contributed by atoms with Gasteiger partial charge in [-0.1, -0.05) is 30.3 Å². The number of nitrogens with two attached hydrogens (primary N) is 1. The molecule has 0 saturated heterocycles. The van der Waals surface area contributed by atoms with Crippen molar-refractivity contribution in [2.75, 3.05) is 6.61 Å². The van der Waals surface area contributed by atoms with Crippen molar-refractivity contribution in [3.8, 4) is 6.07 Å². The number of nitrogens with zero attached hydrogens (tertiary/aromatic N) is 1. The maximum Gasteiger partial charge on any atom is 0.0930 e. The fraction of sp³-hybridized carbons (Fsp3) is 0.250. The summed E-state index contributed by atoms with van der Waals surface area (Å²) < 4.78 is 5.41. The normalized spacial score (nSPS) is 11.0. The Kier molecular flexibility index (Phi) is 4.99. The summed E-state index contributed by atoms with van der Waals surface area (Å²) in [6, 6.07) is 11.8. The summed E-state index contributed by atoms with van der Waals surface area (Å²) in [5.41, 5.74) is 7.22. The molecule has 0 bridgehead atoms. The molecule has 3 heteroatoms. The summed E-state index contributed by atoms with van der Waals surface area (Å²) in [5.74, 6) is 0. The highest BCUT2D eigenvalue weighted by atomic mass is 16.5. The first-order valence-corrected chi connectivity index (χ1v) is 4.78. The molecule has 0 aliphatic carbocycles. The van der Waals surface area contributed by atoms with Gasteiger partial charge in [-0.25, -0.2) is 0 Å². The van der Waals surface area contributed by atoms with Gasteiger partial charge in [-0.3, -0.25) is 0 Å². The van der Waals surface area contributed by atoms with E-state index in [0.29, 0.717) is 25.3 Å². The van der Waals surface area contributed by atoms with E-state index in [1.165, 1.54) is 6.08 Å². The number of ether oxygens (including phenoxy) is 1. The van der Waals surface area contributed by atoms with Crippen LogP contribution in [0.25, 0.3) is 0 Å². The zero-order valence-electron chi connectivity index (χ0n) is 8.52. The summed E-state index contributed by atoms with van der Waals surface area (Å²) in [4.78, 5) is 0. The molecule has 0 heterocycles. The molecule has 15 heavy (non-hydrogen) atoms. The van der Waals surface area contributed by atoms with Crippen molar-refractivity contribution in [2.45, 2.75) is 13.0 Å². The van der Waals surface area contributed by atoms with Crippen LogP contribution in [0.15, 0.2) is 42.1 Å². The van der Waals surface area contributed by atoms with Gasteiger partial charge in [0.2, 0.25) is 0 Å². The van der Waals surface area contributed by atoms with E-state index >= 15 is 0 Å². The van der Waals surface area contributed by atoms with Crippen LogP contribution in [0.1, 0.15) is 12.0 Å². The van der Waals surface area contributed by atoms with E-state index in [1.54, 1.807) is 0 Å². The zero-order chi connectivity index (χ0) is 10.9. The summed E-state index contributed by atoms with van der Waals surface area (Å²) in [7, 11) is 0. The molecule has 0 spiro atoms. The molecule has 0 saturated carbocycles. The monoisotopic (exact) mass is 202 g/mol. The molecule has 0 atom stereocenters. The molecule has 0 amide bonds. The van der Waals surface area contributed by atoms with E-state index < -0.39 is 0 Å². The molecule has 1 aromatic carbocycles.